The molecule has 1 aliphatic rings. The van der Waals surface area contributed by atoms with E-state index in [9.17, 15) is 5.11 Å². The van der Waals surface area contributed by atoms with E-state index in [1.807, 2.05) is 24.3 Å². The molecule has 0 saturated heterocycles. The van der Waals surface area contributed by atoms with E-state index in [-0.39, 0.29) is 17.9 Å². The zero-order valence-corrected chi connectivity index (χ0v) is 10.8. The van der Waals surface area contributed by atoms with E-state index in [2.05, 4.69) is 4.98 Å². The molecular weight excluding hydrogens is 248 g/mol. The molecule has 1 aromatic heterocycles. The van der Waals surface area contributed by atoms with Gasteiger partial charge in [-0.15, -0.1) is 0 Å². The third kappa shape index (κ3) is 2.39. The number of para-hydroxylation sites is 2. The summed E-state index contributed by atoms with van der Waals surface area (Å²) in [6.45, 7) is 0.0566. The summed E-state index contributed by atoms with van der Waals surface area (Å²) in [7, 11) is 0. The summed E-state index contributed by atoms with van der Waals surface area (Å²) in [5, 5.41) is 9.99. The van der Waals surface area contributed by atoms with Crippen LogP contribution in [0.4, 0.5) is 0 Å². The van der Waals surface area contributed by atoms with Gasteiger partial charge in [0, 0.05) is 6.04 Å². The smallest absolute Gasteiger partial charge is 0.257 e. The summed E-state index contributed by atoms with van der Waals surface area (Å²) in [6, 6.07) is 7.67. The number of aliphatic hydroxyl groups excluding tert-OH is 1. The van der Waals surface area contributed by atoms with Crippen LogP contribution in [0.15, 0.2) is 33.9 Å². The van der Waals surface area contributed by atoms with Gasteiger partial charge in [-0.3, -0.25) is 0 Å². The SMILES string of the molecule is NC(C1CC1)C(CO)Sc1nc2ccccc2o1. The number of hydrogen-bond acceptors (Lipinski definition) is 5. The Morgan fingerprint density at radius 1 is 1.44 bits per heavy atom. The fourth-order valence-corrected chi connectivity index (χ4v) is 3.06. The number of nitrogens with two attached hydrogens (primary N) is 1. The lowest BCUT2D eigenvalue weighted by molar-refractivity contribution is 0.276. The van der Waals surface area contributed by atoms with Gasteiger partial charge in [0.1, 0.15) is 5.52 Å². The van der Waals surface area contributed by atoms with Gasteiger partial charge in [0.25, 0.3) is 5.22 Å². The van der Waals surface area contributed by atoms with Crippen LogP contribution in [0.3, 0.4) is 0 Å². The Bertz CT molecular complexity index is 506. The molecule has 1 aromatic carbocycles. The molecule has 2 unspecified atom stereocenters. The van der Waals surface area contributed by atoms with Gasteiger partial charge in [-0.05, 0) is 30.9 Å². The lowest BCUT2D eigenvalue weighted by Gasteiger charge is -2.19. The van der Waals surface area contributed by atoms with Gasteiger partial charge in [0.15, 0.2) is 5.58 Å². The fraction of sp³-hybridized carbons (Fsp3) is 0.462. The minimum absolute atomic E-state index is 0.0232. The maximum absolute atomic E-state index is 9.44. The zero-order valence-electron chi connectivity index (χ0n) is 9.95. The first-order chi connectivity index (χ1) is 8.78. The normalized spacial score (nSPS) is 19.0. The predicted octanol–water partition coefficient (Wildman–Crippen LogP) is 2.02. The standard InChI is InChI=1S/C13H16N2O2S/c14-12(8-5-6-8)11(7-16)18-13-15-9-3-1-2-4-10(9)17-13/h1-4,8,11-12,16H,5-7,14H2. The second kappa shape index (κ2) is 4.91. The Morgan fingerprint density at radius 3 is 2.89 bits per heavy atom. The largest absolute Gasteiger partial charge is 0.431 e. The molecule has 0 radical (unpaired) electrons. The van der Waals surface area contributed by atoms with Gasteiger partial charge < -0.3 is 15.3 Å². The van der Waals surface area contributed by atoms with Crippen molar-refractivity contribution in [2.75, 3.05) is 6.61 Å². The Balaban J connectivity index is 1.77. The fourth-order valence-electron chi connectivity index (χ4n) is 2.05. The second-order valence-corrected chi connectivity index (χ2v) is 5.89. The third-order valence-electron chi connectivity index (χ3n) is 3.30. The van der Waals surface area contributed by atoms with Crippen molar-refractivity contribution in [3.63, 3.8) is 0 Å². The molecular formula is C13H16N2O2S. The lowest BCUT2D eigenvalue weighted by atomic mass is 10.1. The summed E-state index contributed by atoms with van der Waals surface area (Å²) in [4.78, 5) is 4.39. The lowest BCUT2D eigenvalue weighted by Crippen LogP contribution is -2.36. The molecule has 18 heavy (non-hydrogen) atoms. The van der Waals surface area contributed by atoms with E-state index in [4.69, 9.17) is 10.2 Å². The molecule has 5 heteroatoms. The number of hydrogen-bond donors (Lipinski definition) is 2. The van der Waals surface area contributed by atoms with Crippen molar-refractivity contribution in [3.05, 3.63) is 24.3 Å². The van der Waals surface area contributed by atoms with E-state index in [1.54, 1.807) is 0 Å². The molecule has 1 fully saturated rings. The van der Waals surface area contributed by atoms with Crippen LogP contribution in [0.5, 0.6) is 0 Å². The summed E-state index contributed by atoms with van der Waals surface area (Å²) < 4.78 is 5.64. The van der Waals surface area contributed by atoms with Gasteiger partial charge in [-0.25, -0.2) is 4.98 Å². The molecule has 3 N–H and O–H groups in total. The van der Waals surface area contributed by atoms with Crippen molar-refractivity contribution in [1.29, 1.82) is 0 Å². The van der Waals surface area contributed by atoms with Gasteiger partial charge >= 0.3 is 0 Å². The van der Waals surface area contributed by atoms with Crippen molar-refractivity contribution < 1.29 is 9.52 Å². The maximum atomic E-state index is 9.44. The van der Waals surface area contributed by atoms with Crippen LogP contribution in [0.25, 0.3) is 11.1 Å². The number of fused-ring (bicyclic) bond motifs is 1. The van der Waals surface area contributed by atoms with Gasteiger partial charge in [0.2, 0.25) is 0 Å². The summed E-state index contributed by atoms with van der Waals surface area (Å²) in [6.07, 6.45) is 2.34. The van der Waals surface area contributed by atoms with Crippen LogP contribution in [-0.2, 0) is 0 Å². The molecule has 1 heterocycles. The molecule has 4 nitrogen and oxygen atoms in total. The van der Waals surface area contributed by atoms with E-state index < -0.39 is 0 Å². The number of oxazole rings is 1. The van der Waals surface area contributed by atoms with Crippen LogP contribution in [0.2, 0.25) is 0 Å². The zero-order chi connectivity index (χ0) is 12.5. The number of aromatic nitrogens is 1. The topological polar surface area (TPSA) is 72.3 Å². The van der Waals surface area contributed by atoms with Crippen molar-refractivity contribution in [3.8, 4) is 0 Å². The monoisotopic (exact) mass is 264 g/mol. The molecule has 1 aliphatic carbocycles. The molecule has 2 aromatic rings. The molecule has 0 aliphatic heterocycles. The minimum atomic E-state index is -0.0365. The highest BCUT2D eigenvalue weighted by Gasteiger charge is 2.34. The first-order valence-corrected chi connectivity index (χ1v) is 7.04. The second-order valence-electron chi connectivity index (χ2n) is 4.70. The highest BCUT2D eigenvalue weighted by Crippen LogP contribution is 2.37. The Kier molecular flexibility index (Phi) is 3.28. The molecule has 0 amide bonds. The molecule has 96 valence electrons. The van der Waals surface area contributed by atoms with Gasteiger partial charge in [-0.2, -0.15) is 0 Å². The number of nitrogens with zero attached hydrogens (tertiary/aromatic N) is 1. The quantitative estimate of drug-likeness (QED) is 0.808. The minimum Gasteiger partial charge on any atom is -0.431 e. The van der Waals surface area contributed by atoms with E-state index in [0.29, 0.717) is 11.1 Å². The summed E-state index contributed by atoms with van der Waals surface area (Å²) >= 11 is 1.44. The Labute approximate surface area is 110 Å². The first-order valence-electron chi connectivity index (χ1n) is 6.16. The van der Waals surface area contributed by atoms with Crippen molar-refractivity contribution >= 4 is 22.9 Å². The van der Waals surface area contributed by atoms with Crippen LogP contribution < -0.4 is 5.73 Å². The van der Waals surface area contributed by atoms with Gasteiger partial charge in [0.05, 0.1) is 11.9 Å². The van der Waals surface area contributed by atoms with Crippen LogP contribution in [0, 0.1) is 5.92 Å². The number of thioether (sulfide) groups is 1. The Hall–Kier alpha value is -1.04. The van der Waals surface area contributed by atoms with Crippen LogP contribution in [0.1, 0.15) is 12.8 Å². The van der Waals surface area contributed by atoms with E-state index >= 15 is 0 Å². The van der Waals surface area contributed by atoms with Crippen molar-refractivity contribution in [2.45, 2.75) is 29.4 Å². The average Bonchev–Trinajstić information content (AvgIpc) is 3.15. The first kappa shape index (κ1) is 12.0. The number of benzene rings is 1. The summed E-state index contributed by atoms with van der Waals surface area (Å²) in [5.74, 6) is 0.555. The molecule has 2 atom stereocenters. The average molecular weight is 264 g/mol. The van der Waals surface area contributed by atoms with Gasteiger partial charge in [-0.1, -0.05) is 23.9 Å². The van der Waals surface area contributed by atoms with Crippen LogP contribution in [-0.4, -0.2) is 28.0 Å². The number of aliphatic hydroxyl groups is 1. The predicted molar refractivity (Wildman–Crippen MR) is 71.4 cm³/mol. The van der Waals surface area contributed by atoms with Crippen molar-refractivity contribution in [2.24, 2.45) is 11.7 Å². The van der Waals surface area contributed by atoms with Crippen molar-refractivity contribution in [1.82, 2.24) is 4.98 Å². The molecule has 0 spiro atoms. The van der Waals surface area contributed by atoms with E-state index in [1.165, 1.54) is 24.6 Å². The Morgan fingerprint density at radius 2 is 2.22 bits per heavy atom. The maximum Gasteiger partial charge on any atom is 0.257 e. The molecule has 1 saturated carbocycles. The number of rotatable bonds is 5. The van der Waals surface area contributed by atoms with E-state index in [0.717, 1.165) is 11.1 Å². The highest BCUT2D eigenvalue weighted by molar-refractivity contribution is 7.99. The molecule has 0 bridgehead atoms. The molecule has 3 rings (SSSR count). The van der Waals surface area contributed by atoms with Crippen LogP contribution >= 0.6 is 11.8 Å². The highest BCUT2D eigenvalue weighted by atomic mass is 32.2. The third-order valence-corrected chi connectivity index (χ3v) is 4.44. The summed E-state index contributed by atoms with van der Waals surface area (Å²) in [5.41, 5.74) is 7.74.